The number of carbonyl (C=O) groups is 1. The van der Waals surface area contributed by atoms with Gasteiger partial charge in [0.2, 0.25) is 0 Å². The monoisotopic (exact) mass is 340 g/mol. The van der Waals surface area contributed by atoms with Crippen molar-refractivity contribution < 1.29 is 27.5 Å². The third-order valence-corrected chi connectivity index (χ3v) is 3.56. The van der Waals surface area contributed by atoms with Gasteiger partial charge in [-0.15, -0.1) is 11.3 Å². The largest absolute Gasteiger partial charge is 0.477 e. The molecule has 0 saturated heterocycles. The molecule has 0 spiro atoms. The summed E-state index contributed by atoms with van der Waals surface area (Å²) in [5.74, 6) is -9.70. The van der Waals surface area contributed by atoms with Crippen LogP contribution in [0.15, 0.2) is 6.20 Å². The van der Waals surface area contributed by atoms with Crippen LogP contribution < -0.4 is 5.32 Å². The second-order valence-corrected chi connectivity index (χ2v) is 5.44. The Hall–Kier alpha value is -1.87. The fourth-order valence-electron chi connectivity index (χ4n) is 1.52. The van der Waals surface area contributed by atoms with Crippen LogP contribution in [-0.2, 0) is 6.54 Å². The van der Waals surface area contributed by atoms with Gasteiger partial charge in [0.1, 0.15) is 11.3 Å². The quantitative estimate of drug-likeness (QED) is 0.658. The average Bonchev–Trinajstić information content (AvgIpc) is 2.82. The van der Waals surface area contributed by atoms with E-state index in [9.17, 15) is 22.4 Å². The summed E-state index contributed by atoms with van der Waals surface area (Å²) in [5, 5.41) is 10.7. The number of nitrogens with zero attached hydrogens (tertiary/aromatic N) is 1. The van der Waals surface area contributed by atoms with E-state index in [0.29, 0.717) is 4.88 Å². The molecule has 2 N–H and O–H groups in total. The van der Waals surface area contributed by atoms with E-state index in [1.54, 1.807) is 0 Å². The Labute approximate surface area is 124 Å². The third-order valence-electron chi connectivity index (χ3n) is 2.44. The van der Waals surface area contributed by atoms with Gasteiger partial charge in [0, 0.05) is 11.1 Å². The maximum Gasteiger partial charge on any atom is 0.341 e. The molecule has 1 aromatic heterocycles. The molecular formula is C11H5ClF4N2O2S. The molecular weight excluding hydrogens is 336 g/mol. The predicted octanol–water partition coefficient (Wildman–Crippen LogP) is 3.66. The number of nitrogens with one attached hydrogen (secondary N) is 1. The number of aromatic carboxylic acids is 1. The highest BCUT2D eigenvalue weighted by Gasteiger charge is 2.29. The van der Waals surface area contributed by atoms with Crippen molar-refractivity contribution in [3.8, 4) is 0 Å². The minimum atomic E-state index is -2.11. The maximum absolute atomic E-state index is 13.6. The van der Waals surface area contributed by atoms with Gasteiger partial charge < -0.3 is 10.4 Å². The smallest absolute Gasteiger partial charge is 0.341 e. The Morgan fingerprint density at radius 1 is 1.24 bits per heavy atom. The molecule has 10 heteroatoms. The molecule has 1 aromatic carbocycles. The number of carboxylic acid groups (broad SMARTS) is 1. The van der Waals surface area contributed by atoms with Gasteiger partial charge in [0.15, 0.2) is 27.7 Å². The zero-order valence-corrected chi connectivity index (χ0v) is 11.5. The number of anilines is 1. The number of thiazole rings is 1. The molecule has 2 aromatic rings. The van der Waals surface area contributed by atoms with Gasteiger partial charge in [0.25, 0.3) is 0 Å². The highest BCUT2D eigenvalue weighted by atomic mass is 35.5. The van der Waals surface area contributed by atoms with Gasteiger partial charge in [-0.2, -0.15) is 0 Å². The van der Waals surface area contributed by atoms with E-state index in [2.05, 4.69) is 10.3 Å². The summed E-state index contributed by atoms with van der Waals surface area (Å²) in [6.45, 7) is -0.191. The topological polar surface area (TPSA) is 62.2 Å². The molecule has 2 rings (SSSR count). The highest BCUT2D eigenvalue weighted by molar-refractivity contribution is 7.15. The molecule has 0 fully saturated rings. The van der Waals surface area contributed by atoms with Gasteiger partial charge in [-0.1, -0.05) is 11.6 Å². The van der Waals surface area contributed by atoms with Crippen molar-refractivity contribution in [1.82, 2.24) is 4.98 Å². The number of aromatic nitrogens is 1. The summed E-state index contributed by atoms with van der Waals surface area (Å²) in [6, 6.07) is 0. The molecule has 0 bridgehead atoms. The molecule has 0 radical (unpaired) electrons. The normalized spacial score (nSPS) is 10.7. The zero-order valence-electron chi connectivity index (χ0n) is 9.89. The lowest BCUT2D eigenvalue weighted by Gasteiger charge is -2.11. The minimum Gasteiger partial charge on any atom is -0.477 e. The lowest BCUT2D eigenvalue weighted by Crippen LogP contribution is -2.13. The van der Waals surface area contributed by atoms with Crippen LogP contribution in [0.5, 0.6) is 0 Å². The van der Waals surface area contributed by atoms with Crippen LogP contribution in [-0.4, -0.2) is 16.1 Å². The lowest BCUT2D eigenvalue weighted by atomic mass is 10.1. The van der Waals surface area contributed by atoms with E-state index in [1.165, 1.54) is 6.20 Å². The van der Waals surface area contributed by atoms with Crippen LogP contribution in [0.2, 0.25) is 4.47 Å². The Kier molecular flexibility index (Phi) is 4.33. The first-order valence-corrected chi connectivity index (χ1v) is 6.45. The Bertz CT molecular complexity index is 693. The van der Waals surface area contributed by atoms with Crippen molar-refractivity contribution in [2.24, 2.45) is 0 Å². The second kappa shape index (κ2) is 5.86. The van der Waals surface area contributed by atoms with Crippen LogP contribution >= 0.6 is 22.9 Å². The SMILES string of the molecule is O=C(O)c1c(F)c(F)c(NCc2cnc(Cl)s2)c(F)c1F. The van der Waals surface area contributed by atoms with E-state index < -0.39 is 40.5 Å². The maximum atomic E-state index is 13.6. The van der Waals surface area contributed by atoms with Crippen molar-refractivity contribution in [1.29, 1.82) is 0 Å². The molecule has 0 aliphatic carbocycles. The molecule has 0 aliphatic heterocycles. The fraction of sp³-hybridized carbons (Fsp3) is 0.0909. The van der Waals surface area contributed by atoms with E-state index in [0.717, 1.165) is 11.3 Å². The van der Waals surface area contributed by atoms with E-state index in [-0.39, 0.29) is 11.0 Å². The van der Waals surface area contributed by atoms with E-state index in [4.69, 9.17) is 16.7 Å². The standard InChI is InChI=1S/C11H5ClF4N2O2S/c12-11-18-2-3(21-11)1-17-9-7(15)5(13)4(10(19)20)6(14)8(9)16/h2,17H,1H2,(H,19,20). The molecule has 4 nitrogen and oxygen atoms in total. The molecule has 21 heavy (non-hydrogen) atoms. The minimum absolute atomic E-state index is 0.186. The molecule has 112 valence electrons. The van der Waals surface area contributed by atoms with Crippen LogP contribution in [0, 0.1) is 23.3 Å². The van der Waals surface area contributed by atoms with Crippen LogP contribution in [0.25, 0.3) is 0 Å². The highest BCUT2D eigenvalue weighted by Crippen LogP contribution is 2.29. The molecule has 0 saturated carbocycles. The van der Waals surface area contributed by atoms with Crippen molar-refractivity contribution in [2.45, 2.75) is 6.54 Å². The molecule has 0 atom stereocenters. The Morgan fingerprint density at radius 3 is 2.24 bits per heavy atom. The number of rotatable bonds is 4. The van der Waals surface area contributed by atoms with E-state index >= 15 is 0 Å². The van der Waals surface area contributed by atoms with Crippen LogP contribution in [0.3, 0.4) is 0 Å². The fourth-order valence-corrected chi connectivity index (χ4v) is 2.43. The Balaban J connectivity index is 2.38. The number of hydrogen-bond acceptors (Lipinski definition) is 4. The van der Waals surface area contributed by atoms with Crippen molar-refractivity contribution in [2.75, 3.05) is 5.32 Å². The average molecular weight is 341 g/mol. The molecule has 0 unspecified atom stereocenters. The van der Waals surface area contributed by atoms with Crippen molar-refractivity contribution in [3.05, 3.63) is 44.4 Å². The number of halogens is 5. The summed E-state index contributed by atoms with van der Waals surface area (Å²) in [5.41, 5.74) is -2.78. The van der Waals surface area contributed by atoms with Gasteiger partial charge in [-0.05, 0) is 0 Å². The van der Waals surface area contributed by atoms with Gasteiger partial charge in [-0.3, -0.25) is 0 Å². The summed E-state index contributed by atoms with van der Waals surface area (Å²) in [6.07, 6.45) is 1.31. The third kappa shape index (κ3) is 2.93. The van der Waals surface area contributed by atoms with Crippen LogP contribution in [0.4, 0.5) is 23.2 Å². The first-order valence-electron chi connectivity index (χ1n) is 5.26. The molecule has 0 amide bonds. The van der Waals surface area contributed by atoms with Gasteiger partial charge >= 0.3 is 5.97 Å². The van der Waals surface area contributed by atoms with Crippen molar-refractivity contribution in [3.63, 3.8) is 0 Å². The Morgan fingerprint density at radius 2 is 1.81 bits per heavy atom. The first-order chi connectivity index (χ1) is 9.82. The summed E-state index contributed by atoms with van der Waals surface area (Å²) < 4.78 is 54.3. The molecule has 1 heterocycles. The number of hydrogen-bond donors (Lipinski definition) is 2. The second-order valence-electron chi connectivity index (χ2n) is 3.74. The summed E-state index contributed by atoms with van der Waals surface area (Å²) in [4.78, 5) is 14.7. The molecule has 0 aliphatic rings. The van der Waals surface area contributed by atoms with Crippen LogP contribution in [0.1, 0.15) is 15.2 Å². The summed E-state index contributed by atoms with van der Waals surface area (Å²) >= 11 is 6.56. The van der Waals surface area contributed by atoms with Gasteiger partial charge in [-0.25, -0.2) is 27.3 Å². The van der Waals surface area contributed by atoms with Crippen molar-refractivity contribution >= 4 is 34.6 Å². The summed E-state index contributed by atoms with van der Waals surface area (Å²) in [7, 11) is 0. The zero-order chi connectivity index (χ0) is 15.7. The predicted molar refractivity (Wildman–Crippen MR) is 67.7 cm³/mol. The first kappa shape index (κ1) is 15.5. The number of benzene rings is 1. The lowest BCUT2D eigenvalue weighted by molar-refractivity contribution is 0.0683. The number of carboxylic acids is 1. The van der Waals surface area contributed by atoms with Gasteiger partial charge in [0.05, 0.1) is 6.54 Å². The van der Waals surface area contributed by atoms with E-state index in [1.807, 2.05) is 0 Å².